The summed E-state index contributed by atoms with van der Waals surface area (Å²) in [6.45, 7) is 4.33. The van der Waals surface area contributed by atoms with E-state index >= 15 is 0 Å². The molecule has 0 unspecified atom stereocenters. The van der Waals surface area contributed by atoms with Crippen molar-refractivity contribution in [2.75, 3.05) is 19.6 Å². The Morgan fingerprint density at radius 1 is 1.22 bits per heavy atom. The minimum atomic E-state index is -3.52. The fourth-order valence-electron chi connectivity index (χ4n) is 3.24. The Morgan fingerprint density at radius 3 is 2.74 bits per heavy atom. The maximum Gasteiger partial charge on any atom is 0.243 e. The third-order valence-corrected chi connectivity index (χ3v) is 6.36. The predicted molar refractivity (Wildman–Crippen MR) is 91.8 cm³/mol. The van der Waals surface area contributed by atoms with Gasteiger partial charge >= 0.3 is 0 Å². The summed E-state index contributed by atoms with van der Waals surface area (Å²) >= 11 is 0. The standard InChI is InChI=1S/C17H23N3O2S/c1-2-13-20(14-8-11-18-12-9-14)23(21,22)17-7-3-6-16-15(17)5-4-10-19-16/h3-7,10,14,18H,2,8-9,11-13H2,1H3. The smallest absolute Gasteiger partial charge is 0.243 e. The number of nitrogens with one attached hydrogen (secondary N) is 1. The van der Waals surface area contributed by atoms with E-state index in [1.807, 2.05) is 19.1 Å². The SMILES string of the molecule is CCCN(C1CCNCC1)S(=O)(=O)c1cccc2ncccc12. The molecule has 1 N–H and O–H groups in total. The van der Waals surface area contributed by atoms with E-state index in [4.69, 9.17) is 0 Å². The van der Waals surface area contributed by atoms with Gasteiger partial charge in [-0.15, -0.1) is 0 Å². The van der Waals surface area contributed by atoms with Crippen LogP contribution in [0.15, 0.2) is 41.4 Å². The molecular formula is C17H23N3O2S. The number of piperidine rings is 1. The molecule has 23 heavy (non-hydrogen) atoms. The van der Waals surface area contributed by atoms with Gasteiger partial charge in [0.25, 0.3) is 0 Å². The van der Waals surface area contributed by atoms with Crippen LogP contribution in [0.25, 0.3) is 10.9 Å². The molecule has 124 valence electrons. The molecular weight excluding hydrogens is 310 g/mol. The van der Waals surface area contributed by atoms with Gasteiger partial charge in [-0.3, -0.25) is 4.98 Å². The lowest BCUT2D eigenvalue weighted by atomic mass is 10.1. The average molecular weight is 333 g/mol. The van der Waals surface area contributed by atoms with Gasteiger partial charge in [-0.2, -0.15) is 4.31 Å². The number of sulfonamides is 1. The number of rotatable bonds is 5. The molecule has 1 aromatic carbocycles. The Labute approximate surface area is 137 Å². The molecule has 0 saturated carbocycles. The van der Waals surface area contributed by atoms with E-state index < -0.39 is 10.0 Å². The van der Waals surface area contributed by atoms with Crippen molar-refractivity contribution in [3.05, 3.63) is 36.5 Å². The van der Waals surface area contributed by atoms with Crippen LogP contribution in [0.4, 0.5) is 0 Å². The molecule has 2 heterocycles. The maximum absolute atomic E-state index is 13.3. The lowest BCUT2D eigenvalue weighted by Gasteiger charge is -2.33. The van der Waals surface area contributed by atoms with Crippen LogP contribution in [0.5, 0.6) is 0 Å². The van der Waals surface area contributed by atoms with Crippen LogP contribution in [0, 0.1) is 0 Å². The van der Waals surface area contributed by atoms with Gasteiger partial charge in [0, 0.05) is 24.2 Å². The highest BCUT2D eigenvalue weighted by molar-refractivity contribution is 7.89. The summed E-state index contributed by atoms with van der Waals surface area (Å²) in [6, 6.07) is 9.02. The first-order valence-corrected chi connectivity index (χ1v) is 9.65. The van der Waals surface area contributed by atoms with E-state index in [1.54, 1.807) is 28.7 Å². The van der Waals surface area contributed by atoms with E-state index in [1.165, 1.54) is 0 Å². The first-order valence-electron chi connectivity index (χ1n) is 8.21. The summed E-state index contributed by atoms with van der Waals surface area (Å²) in [4.78, 5) is 4.65. The normalized spacial score (nSPS) is 17.0. The average Bonchev–Trinajstić information content (AvgIpc) is 2.59. The van der Waals surface area contributed by atoms with Crippen LogP contribution in [0.1, 0.15) is 26.2 Å². The Kier molecular flexibility index (Phi) is 4.94. The molecule has 0 aliphatic carbocycles. The number of fused-ring (bicyclic) bond motifs is 1. The van der Waals surface area contributed by atoms with Crippen molar-refractivity contribution in [1.29, 1.82) is 0 Å². The first kappa shape index (κ1) is 16.4. The number of aromatic nitrogens is 1. The van der Waals surface area contributed by atoms with Crippen molar-refractivity contribution in [2.24, 2.45) is 0 Å². The Bertz CT molecular complexity index is 765. The quantitative estimate of drug-likeness (QED) is 0.912. The van der Waals surface area contributed by atoms with Gasteiger partial charge < -0.3 is 5.32 Å². The van der Waals surface area contributed by atoms with Crippen LogP contribution >= 0.6 is 0 Å². The summed E-state index contributed by atoms with van der Waals surface area (Å²) in [6.07, 6.45) is 4.23. The van der Waals surface area contributed by atoms with E-state index in [9.17, 15) is 8.42 Å². The molecule has 1 fully saturated rings. The van der Waals surface area contributed by atoms with Crippen LogP contribution in [0.3, 0.4) is 0 Å². The molecule has 1 aliphatic heterocycles. The molecule has 5 nitrogen and oxygen atoms in total. The Morgan fingerprint density at radius 2 is 2.00 bits per heavy atom. The Balaban J connectivity index is 2.06. The van der Waals surface area contributed by atoms with Crippen molar-refractivity contribution in [3.63, 3.8) is 0 Å². The van der Waals surface area contributed by atoms with Gasteiger partial charge in [-0.05, 0) is 56.6 Å². The third kappa shape index (κ3) is 3.24. The highest BCUT2D eigenvalue weighted by Crippen LogP contribution is 2.28. The molecule has 2 aromatic rings. The number of nitrogens with zero attached hydrogens (tertiary/aromatic N) is 2. The highest BCUT2D eigenvalue weighted by Gasteiger charge is 2.32. The van der Waals surface area contributed by atoms with Crippen LogP contribution < -0.4 is 5.32 Å². The van der Waals surface area contributed by atoms with E-state index in [-0.39, 0.29) is 6.04 Å². The summed E-state index contributed by atoms with van der Waals surface area (Å²) in [5, 5.41) is 4.00. The molecule has 1 saturated heterocycles. The third-order valence-electron chi connectivity index (χ3n) is 4.35. The van der Waals surface area contributed by atoms with E-state index in [2.05, 4.69) is 10.3 Å². The molecule has 0 amide bonds. The zero-order valence-corrected chi connectivity index (χ0v) is 14.2. The number of benzene rings is 1. The topological polar surface area (TPSA) is 62.3 Å². The summed E-state index contributed by atoms with van der Waals surface area (Å²) < 4.78 is 28.3. The van der Waals surface area contributed by atoms with Crippen molar-refractivity contribution in [1.82, 2.24) is 14.6 Å². The van der Waals surface area contributed by atoms with Crippen LogP contribution in [0.2, 0.25) is 0 Å². The van der Waals surface area contributed by atoms with Gasteiger partial charge in [0.15, 0.2) is 0 Å². The molecule has 3 rings (SSSR count). The van der Waals surface area contributed by atoms with Crippen molar-refractivity contribution < 1.29 is 8.42 Å². The molecule has 0 atom stereocenters. The fraction of sp³-hybridized carbons (Fsp3) is 0.471. The van der Waals surface area contributed by atoms with Crippen LogP contribution in [-0.4, -0.2) is 43.4 Å². The van der Waals surface area contributed by atoms with Gasteiger partial charge in [0.05, 0.1) is 10.4 Å². The maximum atomic E-state index is 13.3. The summed E-state index contributed by atoms with van der Waals surface area (Å²) in [5.74, 6) is 0. The largest absolute Gasteiger partial charge is 0.317 e. The number of hydrogen-bond acceptors (Lipinski definition) is 4. The molecule has 1 aromatic heterocycles. The van der Waals surface area contributed by atoms with E-state index in [0.29, 0.717) is 16.8 Å². The molecule has 1 aliphatic rings. The van der Waals surface area contributed by atoms with Crippen molar-refractivity contribution >= 4 is 20.9 Å². The van der Waals surface area contributed by atoms with Crippen LogP contribution in [-0.2, 0) is 10.0 Å². The number of pyridine rings is 1. The zero-order chi connectivity index (χ0) is 16.3. The van der Waals surface area contributed by atoms with E-state index in [0.717, 1.165) is 37.9 Å². The molecule has 0 radical (unpaired) electrons. The lowest BCUT2D eigenvalue weighted by molar-refractivity contribution is 0.262. The molecule has 0 bridgehead atoms. The van der Waals surface area contributed by atoms with Gasteiger partial charge in [0.1, 0.15) is 0 Å². The molecule has 6 heteroatoms. The first-order chi connectivity index (χ1) is 11.1. The fourth-order valence-corrected chi connectivity index (χ4v) is 5.22. The highest BCUT2D eigenvalue weighted by atomic mass is 32.2. The van der Waals surface area contributed by atoms with Gasteiger partial charge in [0.2, 0.25) is 10.0 Å². The molecule has 0 spiro atoms. The minimum Gasteiger partial charge on any atom is -0.317 e. The summed E-state index contributed by atoms with van der Waals surface area (Å²) in [7, 11) is -3.52. The second kappa shape index (κ2) is 6.95. The monoisotopic (exact) mass is 333 g/mol. The summed E-state index contributed by atoms with van der Waals surface area (Å²) in [5.41, 5.74) is 0.718. The lowest BCUT2D eigenvalue weighted by Crippen LogP contribution is -2.46. The van der Waals surface area contributed by atoms with Gasteiger partial charge in [-0.1, -0.05) is 13.0 Å². The van der Waals surface area contributed by atoms with Crippen molar-refractivity contribution in [2.45, 2.75) is 37.1 Å². The van der Waals surface area contributed by atoms with Gasteiger partial charge in [-0.25, -0.2) is 8.42 Å². The Hall–Kier alpha value is -1.50. The zero-order valence-electron chi connectivity index (χ0n) is 13.4. The second-order valence-corrected chi connectivity index (χ2v) is 7.78. The minimum absolute atomic E-state index is 0.0770. The van der Waals surface area contributed by atoms with Crippen molar-refractivity contribution in [3.8, 4) is 0 Å². The second-order valence-electron chi connectivity index (χ2n) is 5.92. The predicted octanol–water partition coefficient (Wildman–Crippen LogP) is 2.39. The number of hydrogen-bond donors (Lipinski definition) is 1.